The summed E-state index contributed by atoms with van der Waals surface area (Å²) in [5.74, 6) is -1.48. The minimum Gasteiger partial charge on any atom is -0.477 e. The maximum atomic E-state index is 11.2. The van der Waals surface area contributed by atoms with E-state index in [1.165, 1.54) is 0 Å². The number of carboxylic acid groups (broad SMARTS) is 1. The quantitative estimate of drug-likeness (QED) is 0.688. The maximum Gasteiger partial charge on any atom is 0.352 e. The van der Waals surface area contributed by atoms with Crippen molar-refractivity contribution in [2.45, 2.75) is 0 Å². The standard InChI is InChI=1S/C16H12N2O3/c17-15(19)11-3-1-2-9(6-11)10-4-5-13-12(7-10)8-14(18-13)16(20)21/h1-8,18H,(H2,17,19)(H,20,21). The molecule has 0 aliphatic heterocycles. The third kappa shape index (κ3) is 2.36. The SMILES string of the molecule is NC(=O)c1cccc(-c2ccc3[nH]c(C(=O)O)cc3c2)c1. The van der Waals surface area contributed by atoms with Crippen LogP contribution in [0, 0.1) is 0 Å². The number of carbonyl (C=O) groups is 2. The highest BCUT2D eigenvalue weighted by Crippen LogP contribution is 2.25. The zero-order valence-corrected chi connectivity index (χ0v) is 11.0. The van der Waals surface area contributed by atoms with Crippen LogP contribution >= 0.6 is 0 Å². The number of carboxylic acids is 1. The van der Waals surface area contributed by atoms with Gasteiger partial charge in [0.05, 0.1) is 0 Å². The number of hydrogen-bond donors (Lipinski definition) is 3. The van der Waals surface area contributed by atoms with Crippen molar-refractivity contribution in [2.75, 3.05) is 0 Å². The Bertz CT molecular complexity index is 865. The molecule has 0 fully saturated rings. The molecule has 4 N–H and O–H groups in total. The molecule has 0 radical (unpaired) electrons. The number of benzene rings is 2. The number of carbonyl (C=O) groups excluding carboxylic acids is 1. The molecule has 1 heterocycles. The van der Waals surface area contributed by atoms with Crippen molar-refractivity contribution in [3.63, 3.8) is 0 Å². The molecule has 0 saturated carbocycles. The summed E-state index contributed by atoms with van der Waals surface area (Å²) in [6.45, 7) is 0. The fourth-order valence-electron chi connectivity index (χ4n) is 2.28. The fraction of sp³-hybridized carbons (Fsp3) is 0. The first kappa shape index (κ1) is 12.9. The molecular weight excluding hydrogens is 268 g/mol. The Morgan fingerprint density at radius 3 is 2.48 bits per heavy atom. The van der Waals surface area contributed by atoms with Gasteiger partial charge in [-0.1, -0.05) is 18.2 Å². The lowest BCUT2D eigenvalue weighted by Gasteiger charge is -2.03. The normalized spacial score (nSPS) is 10.7. The van der Waals surface area contributed by atoms with Crippen molar-refractivity contribution in [2.24, 2.45) is 5.73 Å². The van der Waals surface area contributed by atoms with Crippen LogP contribution in [0.2, 0.25) is 0 Å². The highest BCUT2D eigenvalue weighted by molar-refractivity contribution is 5.96. The second-order valence-electron chi connectivity index (χ2n) is 4.74. The molecule has 1 aromatic heterocycles. The summed E-state index contributed by atoms with van der Waals surface area (Å²) in [7, 11) is 0. The smallest absolute Gasteiger partial charge is 0.352 e. The lowest BCUT2D eigenvalue weighted by Crippen LogP contribution is -2.10. The van der Waals surface area contributed by atoms with Gasteiger partial charge in [-0.3, -0.25) is 4.79 Å². The minimum absolute atomic E-state index is 0.146. The molecule has 3 rings (SSSR count). The molecular formula is C16H12N2O3. The molecule has 104 valence electrons. The van der Waals surface area contributed by atoms with Crippen LogP contribution in [0.1, 0.15) is 20.8 Å². The van der Waals surface area contributed by atoms with Gasteiger partial charge in [0.15, 0.2) is 0 Å². The van der Waals surface area contributed by atoms with Gasteiger partial charge in [-0.15, -0.1) is 0 Å². The minimum atomic E-state index is -0.997. The number of primary amides is 1. The average molecular weight is 280 g/mol. The van der Waals surface area contributed by atoms with E-state index in [0.29, 0.717) is 5.56 Å². The number of H-pyrrole nitrogens is 1. The average Bonchev–Trinajstić information content (AvgIpc) is 2.90. The first-order chi connectivity index (χ1) is 10.0. The topological polar surface area (TPSA) is 96.2 Å². The summed E-state index contributed by atoms with van der Waals surface area (Å²) in [4.78, 5) is 25.0. The Morgan fingerprint density at radius 1 is 1.00 bits per heavy atom. The summed E-state index contributed by atoms with van der Waals surface area (Å²) in [6.07, 6.45) is 0. The van der Waals surface area contributed by atoms with E-state index >= 15 is 0 Å². The van der Waals surface area contributed by atoms with Crippen molar-refractivity contribution in [1.29, 1.82) is 0 Å². The number of nitrogens with two attached hydrogens (primary N) is 1. The van der Waals surface area contributed by atoms with Crippen LogP contribution in [0.4, 0.5) is 0 Å². The monoisotopic (exact) mass is 280 g/mol. The molecule has 5 heteroatoms. The lowest BCUT2D eigenvalue weighted by atomic mass is 10.0. The van der Waals surface area contributed by atoms with Gasteiger partial charge in [-0.05, 0) is 41.5 Å². The number of aromatic carboxylic acids is 1. The summed E-state index contributed by atoms with van der Waals surface area (Å²) >= 11 is 0. The summed E-state index contributed by atoms with van der Waals surface area (Å²) in [5.41, 5.74) is 8.36. The predicted molar refractivity (Wildman–Crippen MR) is 79.2 cm³/mol. The van der Waals surface area contributed by atoms with Gasteiger partial charge in [0.25, 0.3) is 0 Å². The zero-order valence-electron chi connectivity index (χ0n) is 11.0. The number of aromatic nitrogens is 1. The molecule has 0 aliphatic rings. The third-order valence-corrected chi connectivity index (χ3v) is 3.33. The van der Waals surface area contributed by atoms with Gasteiger partial charge < -0.3 is 15.8 Å². The van der Waals surface area contributed by atoms with Crippen molar-refractivity contribution in [3.05, 3.63) is 59.8 Å². The molecule has 0 bridgehead atoms. The van der Waals surface area contributed by atoms with Gasteiger partial charge in [-0.2, -0.15) is 0 Å². The van der Waals surface area contributed by atoms with Crippen LogP contribution in [0.5, 0.6) is 0 Å². The second kappa shape index (κ2) is 4.79. The van der Waals surface area contributed by atoms with E-state index < -0.39 is 11.9 Å². The zero-order chi connectivity index (χ0) is 15.0. The Kier molecular flexibility index (Phi) is 2.95. The number of aromatic amines is 1. The molecule has 2 aromatic carbocycles. The van der Waals surface area contributed by atoms with Gasteiger partial charge >= 0.3 is 5.97 Å². The van der Waals surface area contributed by atoms with E-state index in [1.807, 2.05) is 24.3 Å². The molecule has 0 spiro atoms. The van der Waals surface area contributed by atoms with E-state index in [2.05, 4.69) is 4.98 Å². The fourth-order valence-corrected chi connectivity index (χ4v) is 2.28. The number of fused-ring (bicyclic) bond motifs is 1. The Labute approximate surface area is 120 Å². The number of amides is 1. The summed E-state index contributed by atoms with van der Waals surface area (Å²) in [6, 6.07) is 14.1. The van der Waals surface area contributed by atoms with Gasteiger partial charge in [0.2, 0.25) is 5.91 Å². The molecule has 0 saturated heterocycles. The van der Waals surface area contributed by atoms with E-state index in [1.54, 1.807) is 24.3 Å². The second-order valence-corrected chi connectivity index (χ2v) is 4.74. The van der Waals surface area contributed by atoms with E-state index in [9.17, 15) is 9.59 Å². The van der Waals surface area contributed by atoms with Crippen molar-refractivity contribution < 1.29 is 14.7 Å². The highest BCUT2D eigenvalue weighted by atomic mass is 16.4. The van der Waals surface area contributed by atoms with E-state index in [-0.39, 0.29) is 5.69 Å². The van der Waals surface area contributed by atoms with Crippen LogP contribution in [0.15, 0.2) is 48.5 Å². The van der Waals surface area contributed by atoms with Crippen molar-refractivity contribution >= 4 is 22.8 Å². The number of rotatable bonds is 3. The van der Waals surface area contributed by atoms with Gasteiger partial charge in [0, 0.05) is 16.5 Å². The molecule has 3 aromatic rings. The Balaban J connectivity index is 2.10. The third-order valence-electron chi connectivity index (χ3n) is 3.33. The molecule has 0 aliphatic carbocycles. The highest BCUT2D eigenvalue weighted by Gasteiger charge is 2.09. The first-order valence-electron chi connectivity index (χ1n) is 6.31. The molecule has 0 unspecified atom stereocenters. The largest absolute Gasteiger partial charge is 0.477 e. The Morgan fingerprint density at radius 2 is 1.76 bits per heavy atom. The summed E-state index contributed by atoms with van der Waals surface area (Å²) in [5, 5.41) is 9.79. The Hall–Kier alpha value is -3.08. The molecule has 21 heavy (non-hydrogen) atoms. The van der Waals surface area contributed by atoms with Crippen LogP contribution < -0.4 is 5.73 Å². The van der Waals surface area contributed by atoms with Crippen LogP contribution in [-0.2, 0) is 0 Å². The van der Waals surface area contributed by atoms with Gasteiger partial charge in [-0.25, -0.2) is 4.79 Å². The lowest BCUT2D eigenvalue weighted by molar-refractivity contribution is 0.0691. The molecule has 1 amide bonds. The van der Waals surface area contributed by atoms with Crippen molar-refractivity contribution in [3.8, 4) is 11.1 Å². The van der Waals surface area contributed by atoms with Gasteiger partial charge in [0.1, 0.15) is 5.69 Å². The van der Waals surface area contributed by atoms with Crippen LogP contribution in [0.25, 0.3) is 22.0 Å². The maximum absolute atomic E-state index is 11.2. The van der Waals surface area contributed by atoms with E-state index in [0.717, 1.165) is 22.0 Å². The van der Waals surface area contributed by atoms with Crippen LogP contribution in [-0.4, -0.2) is 22.0 Å². The first-order valence-corrected chi connectivity index (χ1v) is 6.31. The molecule has 0 atom stereocenters. The van der Waals surface area contributed by atoms with Crippen molar-refractivity contribution in [1.82, 2.24) is 4.98 Å². The number of hydrogen-bond acceptors (Lipinski definition) is 2. The van der Waals surface area contributed by atoms with Crippen LogP contribution in [0.3, 0.4) is 0 Å². The van der Waals surface area contributed by atoms with E-state index in [4.69, 9.17) is 10.8 Å². The predicted octanol–water partition coefficient (Wildman–Crippen LogP) is 2.63. The molecule has 5 nitrogen and oxygen atoms in total. The number of nitrogens with one attached hydrogen (secondary N) is 1. The summed E-state index contributed by atoms with van der Waals surface area (Å²) < 4.78 is 0.